The van der Waals surface area contributed by atoms with Crippen LogP contribution in [0.4, 0.5) is 0 Å². The van der Waals surface area contributed by atoms with Crippen molar-refractivity contribution in [1.29, 1.82) is 0 Å². The smallest absolute Gasteiger partial charge is 0.0209 e. The molecule has 0 fully saturated rings. The first kappa shape index (κ1) is 14.7. The van der Waals surface area contributed by atoms with E-state index >= 15 is 0 Å². The molecule has 0 aromatic heterocycles. The van der Waals surface area contributed by atoms with E-state index in [0.717, 1.165) is 0 Å². The number of halogens is 1. The van der Waals surface area contributed by atoms with Gasteiger partial charge >= 0.3 is 0 Å². The molecule has 0 radical (unpaired) electrons. The SMILES string of the molecule is Cc1cccc2cccc(-c3cccc4c(I)ccc(C)c34)c12. The molecule has 0 aliphatic carbocycles. The number of hydrogen-bond acceptors (Lipinski definition) is 0. The van der Waals surface area contributed by atoms with Crippen LogP contribution in [0, 0.1) is 17.4 Å². The molecule has 0 aliphatic rings. The van der Waals surface area contributed by atoms with Crippen LogP contribution in [-0.4, -0.2) is 0 Å². The van der Waals surface area contributed by atoms with Gasteiger partial charge in [-0.2, -0.15) is 0 Å². The van der Waals surface area contributed by atoms with Gasteiger partial charge in [0, 0.05) is 3.57 Å². The van der Waals surface area contributed by atoms with Crippen LogP contribution in [-0.2, 0) is 0 Å². The molecule has 0 nitrogen and oxygen atoms in total. The Hall–Kier alpha value is -1.87. The summed E-state index contributed by atoms with van der Waals surface area (Å²) in [6.07, 6.45) is 0. The van der Waals surface area contributed by atoms with Gasteiger partial charge in [-0.1, -0.05) is 60.7 Å². The van der Waals surface area contributed by atoms with Gasteiger partial charge in [0.1, 0.15) is 0 Å². The molecule has 0 aliphatic heterocycles. The molecule has 0 N–H and O–H groups in total. The van der Waals surface area contributed by atoms with Gasteiger partial charge in [-0.3, -0.25) is 0 Å². The molecule has 4 rings (SSSR count). The zero-order valence-electron chi connectivity index (χ0n) is 13.2. The van der Waals surface area contributed by atoms with Crippen molar-refractivity contribution in [2.24, 2.45) is 0 Å². The van der Waals surface area contributed by atoms with Crippen molar-refractivity contribution in [2.45, 2.75) is 13.8 Å². The lowest BCUT2D eigenvalue weighted by Crippen LogP contribution is -1.89. The Kier molecular flexibility index (Phi) is 3.61. The minimum Gasteiger partial charge on any atom is -0.0614 e. The molecule has 0 bridgehead atoms. The van der Waals surface area contributed by atoms with Gasteiger partial charge in [-0.15, -0.1) is 0 Å². The van der Waals surface area contributed by atoms with Crippen LogP contribution < -0.4 is 0 Å². The predicted molar refractivity (Wildman–Crippen MR) is 109 cm³/mol. The highest BCUT2D eigenvalue weighted by Gasteiger charge is 2.11. The maximum Gasteiger partial charge on any atom is 0.0209 e. The number of rotatable bonds is 1. The van der Waals surface area contributed by atoms with Crippen molar-refractivity contribution in [3.05, 3.63) is 81.4 Å². The van der Waals surface area contributed by atoms with Gasteiger partial charge in [-0.05, 0) is 86.3 Å². The third-order valence-electron chi connectivity index (χ3n) is 4.60. The van der Waals surface area contributed by atoms with Crippen molar-refractivity contribution in [1.82, 2.24) is 0 Å². The molecule has 0 spiro atoms. The maximum absolute atomic E-state index is 2.44. The summed E-state index contributed by atoms with van der Waals surface area (Å²) < 4.78 is 1.31. The minimum atomic E-state index is 1.31. The highest BCUT2D eigenvalue weighted by Crippen LogP contribution is 2.37. The van der Waals surface area contributed by atoms with Crippen LogP contribution in [0.3, 0.4) is 0 Å². The lowest BCUT2D eigenvalue weighted by Gasteiger charge is -2.14. The fourth-order valence-electron chi connectivity index (χ4n) is 3.52. The summed E-state index contributed by atoms with van der Waals surface area (Å²) >= 11 is 2.44. The van der Waals surface area contributed by atoms with Crippen LogP contribution in [0.25, 0.3) is 32.7 Å². The molecular formula is C22H17I. The van der Waals surface area contributed by atoms with Crippen LogP contribution in [0.1, 0.15) is 11.1 Å². The van der Waals surface area contributed by atoms with E-state index < -0.39 is 0 Å². The van der Waals surface area contributed by atoms with Gasteiger partial charge in [-0.25, -0.2) is 0 Å². The molecule has 0 amide bonds. The fraction of sp³-hybridized carbons (Fsp3) is 0.0909. The molecule has 0 heterocycles. The first-order valence-electron chi connectivity index (χ1n) is 7.83. The Morgan fingerprint density at radius 3 is 2.00 bits per heavy atom. The Bertz CT molecular complexity index is 1040. The molecule has 4 aromatic carbocycles. The standard InChI is InChI=1S/C22H17I/c1-14-6-3-7-16-8-4-9-17(21(14)16)18-10-5-11-19-20(23)13-12-15(2)22(18)19/h3-13H,1-2H3. The van der Waals surface area contributed by atoms with Gasteiger partial charge in [0.2, 0.25) is 0 Å². The van der Waals surface area contributed by atoms with Gasteiger partial charge in [0.25, 0.3) is 0 Å². The molecule has 1 heteroatoms. The van der Waals surface area contributed by atoms with Crippen molar-refractivity contribution >= 4 is 44.1 Å². The third kappa shape index (κ3) is 2.34. The minimum absolute atomic E-state index is 1.31. The van der Waals surface area contributed by atoms with Gasteiger partial charge < -0.3 is 0 Å². The van der Waals surface area contributed by atoms with E-state index in [2.05, 4.69) is 103 Å². The number of hydrogen-bond donors (Lipinski definition) is 0. The van der Waals surface area contributed by atoms with Crippen LogP contribution in [0.5, 0.6) is 0 Å². The lowest BCUT2D eigenvalue weighted by atomic mass is 9.90. The molecule has 0 saturated heterocycles. The van der Waals surface area contributed by atoms with Crippen molar-refractivity contribution in [3.8, 4) is 11.1 Å². The van der Waals surface area contributed by atoms with E-state index in [1.54, 1.807) is 0 Å². The molecule has 112 valence electrons. The van der Waals surface area contributed by atoms with Crippen molar-refractivity contribution in [3.63, 3.8) is 0 Å². The number of aryl methyl sites for hydroxylation is 2. The van der Waals surface area contributed by atoms with Crippen LogP contribution in [0.15, 0.2) is 66.7 Å². The normalized spacial score (nSPS) is 11.3. The Morgan fingerprint density at radius 1 is 0.609 bits per heavy atom. The monoisotopic (exact) mass is 408 g/mol. The summed E-state index contributed by atoms with van der Waals surface area (Å²) in [7, 11) is 0. The quantitative estimate of drug-likeness (QED) is 0.301. The number of fused-ring (bicyclic) bond motifs is 2. The summed E-state index contributed by atoms with van der Waals surface area (Å²) in [6, 6.07) is 24.3. The van der Waals surface area contributed by atoms with Crippen molar-refractivity contribution in [2.75, 3.05) is 0 Å². The summed E-state index contributed by atoms with van der Waals surface area (Å²) in [4.78, 5) is 0. The zero-order chi connectivity index (χ0) is 16.0. The Labute approximate surface area is 150 Å². The number of benzene rings is 4. The maximum atomic E-state index is 2.44. The molecule has 0 unspecified atom stereocenters. The molecular weight excluding hydrogens is 391 g/mol. The summed E-state index contributed by atoms with van der Waals surface area (Å²) in [5.74, 6) is 0. The largest absolute Gasteiger partial charge is 0.0614 e. The average molecular weight is 408 g/mol. The van der Waals surface area contributed by atoms with E-state index in [0.29, 0.717) is 0 Å². The average Bonchev–Trinajstić information content (AvgIpc) is 2.58. The fourth-order valence-corrected chi connectivity index (χ4v) is 4.15. The van der Waals surface area contributed by atoms with Crippen molar-refractivity contribution < 1.29 is 0 Å². The lowest BCUT2D eigenvalue weighted by molar-refractivity contribution is 1.50. The Morgan fingerprint density at radius 2 is 1.22 bits per heavy atom. The predicted octanol–water partition coefficient (Wildman–Crippen LogP) is 6.88. The second-order valence-corrected chi connectivity index (χ2v) is 7.23. The molecule has 0 atom stereocenters. The van der Waals surface area contributed by atoms with E-state index in [4.69, 9.17) is 0 Å². The summed E-state index contributed by atoms with van der Waals surface area (Å²) in [5, 5.41) is 5.38. The molecule has 0 saturated carbocycles. The second-order valence-electron chi connectivity index (χ2n) is 6.07. The summed E-state index contributed by atoms with van der Waals surface area (Å²) in [6.45, 7) is 4.41. The van der Waals surface area contributed by atoms with E-state index in [1.807, 2.05) is 0 Å². The van der Waals surface area contributed by atoms with Crippen LogP contribution in [0.2, 0.25) is 0 Å². The highest BCUT2D eigenvalue weighted by atomic mass is 127. The second kappa shape index (κ2) is 5.64. The van der Waals surface area contributed by atoms with E-state index in [-0.39, 0.29) is 0 Å². The first-order chi connectivity index (χ1) is 11.2. The van der Waals surface area contributed by atoms with Crippen LogP contribution >= 0.6 is 22.6 Å². The molecule has 4 aromatic rings. The summed E-state index contributed by atoms with van der Waals surface area (Å²) in [5.41, 5.74) is 5.33. The molecule has 23 heavy (non-hydrogen) atoms. The topological polar surface area (TPSA) is 0 Å². The van der Waals surface area contributed by atoms with Gasteiger partial charge in [0.15, 0.2) is 0 Å². The highest BCUT2D eigenvalue weighted by molar-refractivity contribution is 14.1. The van der Waals surface area contributed by atoms with E-state index in [9.17, 15) is 0 Å². The zero-order valence-corrected chi connectivity index (χ0v) is 15.4. The van der Waals surface area contributed by atoms with E-state index in [1.165, 1.54) is 47.4 Å². The first-order valence-corrected chi connectivity index (χ1v) is 8.91. The Balaban J connectivity index is 2.19. The third-order valence-corrected chi connectivity index (χ3v) is 5.54. The van der Waals surface area contributed by atoms with Gasteiger partial charge in [0.05, 0.1) is 0 Å².